The summed E-state index contributed by atoms with van der Waals surface area (Å²) < 4.78 is 27.2. The lowest BCUT2D eigenvalue weighted by Gasteiger charge is -2.42. The van der Waals surface area contributed by atoms with E-state index in [-0.39, 0.29) is 24.7 Å². The van der Waals surface area contributed by atoms with E-state index in [0.29, 0.717) is 31.7 Å². The summed E-state index contributed by atoms with van der Waals surface area (Å²) in [5, 5.41) is 9.10. The zero-order valence-electron chi connectivity index (χ0n) is 18.4. The zero-order chi connectivity index (χ0) is 22.8. The third-order valence-electron chi connectivity index (χ3n) is 6.17. The Kier molecular flexibility index (Phi) is 6.91. The Morgan fingerprint density at radius 3 is 2.44 bits per heavy atom. The van der Waals surface area contributed by atoms with Crippen molar-refractivity contribution in [3.8, 4) is 17.2 Å². The van der Waals surface area contributed by atoms with Gasteiger partial charge in [-0.15, -0.1) is 12.4 Å². The predicted octanol–water partition coefficient (Wildman–Crippen LogP) is 5.78. The number of rotatable bonds is 5. The minimum absolute atomic E-state index is 0. The number of hydrogen-bond acceptors (Lipinski definition) is 4. The van der Waals surface area contributed by atoms with Gasteiger partial charge >= 0.3 is 5.97 Å². The summed E-state index contributed by atoms with van der Waals surface area (Å²) in [7, 11) is 0. The van der Waals surface area contributed by atoms with Gasteiger partial charge in [-0.3, -0.25) is 9.69 Å². The third-order valence-corrected chi connectivity index (χ3v) is 6.17. The minimum atomic E-state index is -0.828. The number of carboxylic acid groups (broad SMARTS) is 1. The van der Waals surface area contributed by atoms with E-state index in [0.717, 1.165) is 22.4 Å². The molecular formula is C27H25ClFNO4. The Labute approximate surface area is 203 Å². The van der Waals surface area contributed by atoms with E-state index in [9.17, 15) is 4.79 Å². The van der Waals surface area contributed by atoms with Crippen LogP contribution in [0.4, 0.5) is 4.39 Å². The number of ether oxygens (including phenoxy) is 2. The molecule has 2 aliphatic rings. The molecular weight excluding hydrogens is 457 g/mol. The molecule has 3 aromatic rings. The molecule has 1 spiro atoms. The number of piperidine rings is 1. The second-order valence-electron chi connectivity index (χ2n) is 8.45. The molecule has 2 aliphatic heterocycles. The molecule has 1 fully saturated rings. The van der Waals surface area contributed by atoms with Crippen LogP contribution in [-0.2, 0) is 4.79 Å². The van der Waals surface area contributed by atoms with Crippen molar-refractivity contribution < 1.29 is 23.8 Å². The Morgan fingerprint density at radius 1 is 1.03 bits per heavy atom. The fourth-order valence-electron chi connectivity index (χ4n) is 4.50. The van der Waals surface area contributed by atoms with Gasteiger partial charge in [-0.1, -0.05) is 42.5 Å². The van der Waals surface area contributed by atoms with Crippen LogP contribution in [0.25, 0.3) is 5.57 Å². The largest absolute Gasteiger partial charge is 0.482 e. The highest BCUT2D eigenvalue weighted by Gasteiger charge is 2.39. The summed E-state index contributed by atoms with van der Waals surface area (Å²) in [5.41, 5.74) is 2.02. The summed E-state index contributed by atoms with van der Waals surface area (Å²) in [5.74, 6) is 0.234. The average Bonchev–Trinajstić information content (AvgIpc) is 2.82. The van der Waals surface area contributed by atoms with Crippen LogP contribution in [0.2, 0.25) is 0 Å². The quantitative estimate of drug-likeness (QED) is 0.500. The molecule has 0 aliphatic carbocycles. The fraction of sp³-hybridized carbons (Fsp3) is 0.222. The number of carboxylic acids is 1. The first-order chi connectivity index (χ1) is 16.0. The summed E-state index contributed by atoms with van der Waals surface area (Å²) in [6.07, 6.45) is 3.41. The van der Waals surface area contributed by atoms with Gasteiger partial charge in [0.1, 0.15) is 17.1 Å². The molecule has 3 aromatic carbocycles. The lowest BCUT2D eigenvalue weighted by molar-refractivity contribution is -0.139. The van der Waals surface area contributed by atoms with Crippen LogP contribution in [-0.4, -0.2) is 41.2 Å². The topological polar surface area (TPSA) is 59.0 Å². The smallest absolute Gasteiger partial charge is 0.317 e. The van der Waals surface area contributed by atoms with Crippen LogP contribution in [0, 0.1) is 5.82 Å². The van der Waals surface area contributed by atoms with Gasteiger partial charge in [-0.2, -0.15) is 0 Å². The van der Waals surface area contributed by atoms with Gasteiger partial charge in [-0.05, 0) is 47.5 Å². The molecule has 0 aromatic heterocycles. The number of para-hydroxylation sites is 2. The van der Waals surface area contributed by atoms with Crippen molar-refractivity contribution in [3.63, 3.8) is 0 Å². The first-order valence-electron chi connectivity index (χ1n) is 11.0. The SMILES string of the molecule is Cl.O=C(O)CN1CCC2(C=C(c3ccc(Oc4ccccc4)c(F)c3)c3ccccc3O2)CC1. The molecule has 0 unspecified atom stereocenters. The van der Waals surface area contributed by atoms with Gasteiger partial charge < -0.3 is 14.6 Å². The first kappa shape index (κ1) is 23.8. The molecule has 1 N–H and O–H groups in total. The molecule has 34 heavy (non-hydrogen) atoms. The van der Waals surface area contributed by atoms with Crippen LogP contribution < -0.4 is 9.47 Å². The number of fused-ring (bicyclic) bond motifs is 1. The maximum absolute atomic E-state index is 15.0. The maximum Gasteiger partial charge on any atom is 0.317 e. The molecule has 2 heterocycles. The van der Waals surface area contributed by atoms with Crippen molar-refractivity contribution in [2.24, 2.45) is 0 Å². The number of aliphatic carboxylic acids is 1. The predicted molar refractivity (Wildman–Crippen MR) is 130 cm³/mol. The lowest BCUT2D eigenvalue weighted by Crippen LogP contribution is -2.49. The highest BCUT2D eigenvalue weighted by atomic mass is 35.5. The van der Waals surface area contributed by atoms with Crippen molar-refractivity contribution in [1.82, 2.24) is 4.90 Å². The maximum atomic E-state index is 15.0. The van der Waals surface area contributed by atoms with Gasteiger partial charge in [0.25, 0.3) is 0 Å². The number of carbonyl (C=O) groups is 1. The van der Waals surface area contributed by atoms with Crippen molar-refractivity contribution in [1.29, 1.82) is 0 Å². The van der Waals surface area contributed by atoms with E-state index < -0.39 is 17.4 Å². The molecule has 0 amide bonds. The third kappa shape index (κ3) is 4.93. The highest BCUT2D eigenvalue weighted by molar-refractivity contribution is 5.85. The Bertz CT molecular complexity index is 1210. The van der Waals surface area contributed by atoms with Gasteiger partial charge in [0, 0.05) is 31.5 Å². The second kappa shape index (κ2) is 9.87. The van der Waals surface area contributed by atoms with Crippen molar-refractivity contribution in [2.75, 3.05) is 19.6 Å². The Balaban J connectivity index is 0.00000274. The molecule has 0 bridgehead atoms. The molecule has 0 radical (unpaired) electrons. The van der Waals surface area contributed by atoms with Gasteiger partial charge in [0.05, 0.1) is 6.54 Å². The van der Waals surface area contributed by atoms with Crippen LogP contribution in [0.3, 0.4) is 0 Å². The number of likely N-dealkylation sites (tertiary alicyclic amines) is 1. The molecule has 5 nitrogen and oxygen atoms in total. The van der Waals surface area contributed by atoms with Crippen LogP contribution in [0.5, 0.6) is 17.2 Å². The van der Waals surface area contributed by atoms with Crippen molar-refractivity contribution >= 4 is 23.9 Å². The first-order valence-corrected chi connectivity index (χ1v) is 11.0. The lowest BCUT2D eigenvalue weighted by atomic mass is 9.83. The molecule has 0 saturated carbocycles. The fourth-order valence-corrected chi connectivity index (χ4v) is 4.50. The number of hydrogen-bond donors (Lipinski definition) is 1. The van der Waals surface area contributed by atoms with Crippen LogP contribution >= 0.6 is 12.4 Å². The second-order valence-corrected chi connectivity index (χ2v) is 8.45. The van der Waals surface area contributed by atoms with E-state index in [1.54, 1.807) is 18.2 Å². The Hall–Kier alpha value is -3.35. The summed E-state index contributed by atoms with van der Waals surface area (Å²) >= 11 is 0. The summed E-state index contributed by atoms with van der Waals surface area (Å²) in [6.45, 7) is 1.27. The average molecular weight is 482 g/mol. The van der Waals surface area contributed by atoms with E-state index in [1.807, 2.05) is 53.4 Å². The zero-order valence-corrected chi connectivity index (χ0v) is 19.3. The minimum Gasteiger partial charge on any atom is -0.482 e. The number of benzene rings is 3. The molecule has 7 heteroatoms. The standard InChI is InChI=1S/C27H24FNO4.ClH/c28-23-16-19(10-11-25(23)32-20-6-2-1-3-7-20)22-17-27(33-24-9-5-4-8-21(22)24)12-14-29(15-13-27)18-26(30)31;/h1-11,16-17H,12-15,18H2,(H,30,31);1H. The van der Waals surface area contributed by atoms with Crippen LogP contribution in [0.15, 0.2) is 78.9 Å². The molecule has 0 atom stereocenters. The van der Waals surface area contributed by atoms with E-state index in [2.05, 4.69) is 6.08 Å². The van der Waals surface area contributed by atoms with E-state index >= 15 is 4.39 Å². The van der Waals surface area contributed by atoms with Gasteiger partial charge in [0.2, 0.25) is 0 Å². The monoisotopic (exact) mass is 481 g/mol. The van der Waals surface area contributed by atoms with E-state index in [1.165, 1.54) is 6.07 Å². The van der Waals surface area contributed by atoms with Gasteiger partial charge in [0.15, 0.2) is 11.6 Å². The molecule has 1 saturated heterocycles. The molecule has 176 valence electrons. The van der Waals surface area contributed by atoms with Crippen molar-refractivity contribution in [3.05, 3.63) is 95.8 Å². The summed E-state index contributed by atoms with van der Waals surface area (Å²) in [4.78, 5) is 13.0. The number of nitrogens with zero attached hydrogens (tertiary/aromatic N) is 1. The highest BCUT2D eigenvalue weighted by Crippen LogP contribution is 2.43. The normalized spacial score (nSPS) is 16.6. The van der Waals surface area contributed by atoms with Crippen molar-refractivity contribution in [2.45, 2.75) is 18.4 Å². The van der Waals surface area contributed by atoms with Crippen LogP contribution in [0.1, 0.15) is 24.0 Å². The Morgan fingerprint density at radius 2 is 1.74 bits per heavy atom. The van der Waals surface area contributed by atoms with E-state index in [4.69, 9.17) is 14.6 Å². The summed E-state index contributed by atoms with van der Waals surface area (Å²) in [6, 6.07) is 21.9. The number of halogens is 2. The molecule has 5 rings (SSSR count). The van der Waals surface area contributed by atoms with Gasteiger partial charge in [-0.25, -0.2) is 4.39 Å².